The lowest BCUT2D eigenvalue weighted by atomic mass is 9.81. The van der Waals surface area contributed by atoms with Gasteiger partial charge in [0.15, 0.2) is 12.4 Å². The number of carbonyl (C=O) groups excluding carboxylic acids is 3. The molecule has 4 unspecified atom stereocenters. The van der Waals surface area contributed by atoms with Crippen molar-refractivity contribution in [3.05, 3.63) is 59.2 Å². The zero-order valence-corrected chi connectivity index (χ0v) is 17.3. The second-order valence-electron chi connectivity index (χ2n) is 8.90. The molecule has 2 aromatic carbocycles. The molecule has 5 heteroatoms. The van der Waals surface area contributed by atoms with Gasteiger partial charge in [0.2, 0.25) is 11.8 Å². The SMILES string of the molecule is Cc1ccc(C(=O)COc2cccc(N3C(=O)C4C5CCC(C5)C4C3=O)c2)cc1C. The minimum absolute atomic E-state index is 0.0689. The number of benzene rings is 2. The molecule has 2 amide bonds. The van der Waals surface area contributed by atoms with Crippen molar-refractivity contribution in [3.8, 4) is 5.75 Å². The minimum atomic E-state index is -0.146. The molecule has 0 spiro atoms. The Morgan fingerprint density at radius 3 is 2.33 bits per heavy atom. The average Bonchev–Trinajstić information content (AvgIpc) is 3.42. The molecule has 2 aromatic rings. The standard InChI is InChI=1S/C25H25NO4/c1-14-6-7-16(10-15(14)2)21(27)13-30-20-5-3-4-19(12-20)26-24(28)22-17-8-9-18(11-17)23(22)25(26)29/h3-7,10,12,17-18,22-23H,8-9,11,13H2,1-2H3. The first-order valence-electron chi connectivity index (χ1n) is 10.6. The Labute approximate surface area is 176 Å². The van der Waals surface area contributed by atoms with E-state index in [1.165, 1.54) is 4.90 Å². The van der Waals surface area contributed by atoms with Gasteiger partial charge in [-0.3, -0.25) is 14.4 Å². The zero-order chi connectivity index (χ0) is 21.0. The summed E-state index contributed by atoms with van der Waals surface area (Å²) in [7, 11) is 0. The number of Topliss-reactive ketones (excluding diaryl/α,β-unsaturated/α-hetero) is 1. The van der Waals surface area contributed by atoms with E-state index in [9.17, 15) is 14.4 Å². The first-order chi connectivity index (χ1) is 14.4. The molecule has 0 aromatic heterocycles. The van der Waals surface area contributed by atoms with Gasteiger partial charge >= 0.3 is 0 Å². The molecule has 2 saturated carbocycles. The van der Waals surface area contributed by atoms with E-state index in [0.717, 1.165) is 30.4 Å². The Bertz CT molecular complexity index is 1030. The third-order valence-corrected chi connectivity index (χ3v) is 7.20. The fraction of sp³-hybridized carbons (Fsp3) is 0.400. The van der Waals surface area contributed by atoms with Crippen molar-refractivity contribution >= 4 is 23.3 Å². The van der Waals surface area contributed by atoms with Crippen molar-refractivity contribution in [3.63, 3.8) is 0 Å². The van der Waals surface area contributed by atoms with Crippen LogP contribution in [-0.2, 0) is 9.59 Å². The van der Waals surface area contributed by atoms with Crippen LogP contribution in [0.15, 0.2) is 42.5 Å². The highest BCUT2D eigenvalue weighted by atomic mass is 16.5. The Hall–Kier alpha value is -2.95. The number of amides is 2. The van der Waals surface area contributed by atoms with Crippen LogP contribution in [0.2, 0.25) is 0 Å². The molecule has 0 N–H and O–H groups in total. The van der Waals surface area contributed by atoms with Crippen LogP contribution in [0.1, 0.15) is 40.7 Å². The predicted octanol–water partition coefficient (Wildman–Crippen LogP) is 4.10. The Kier molecular flexibility index (Phi) is 4.49. The highest BCUT2D eigenvalue weighted by molar-refractivity contribution is 6.22. The van der Waals surface area contributed by atoms with Gasteiger partial charge < -0.3 is 4.74 Å². The molecule has 2 aliphatic carbocycles. The third-order valence-electron chi connectivity index (χ3n) is 7.20. The number of ketones is 1. The van der Waals surface area contributed by atoms with E-state index in [1.54, 1.807) is 30.3 Å². The summed E-state index contributed by atoms with van der Waals surface area (Å²) in [6.45, 7) is 3.89. The smallest absolute Gasteiger partial charge is 0.237 e. The molecule has 3 fully saturated rings. The summed E-state index contributed by atoms with van der Waals surface area (Å²) in [6.07, 6.45) is 3.13. The van der Waals surface area contributed by atoms with E-state index in [-0.39, 0.29) is 36.0 Å². The van der Waals surface area contributed by atoms with Crippen LogP contribution >= 0.6 is 0 Å². The van der Waals surface area contributed by atoms with Gasteiger partial charge in [0.05, 0.1) is 17.5 Å². The van der Waals surface area contributed by atoms with Gasteiger partial charge in [0.25, 0.3) is 0 Å². The van der Waals surface area contributed by atoms with E-state index in [2.05, 4.69) is 0 Å². The summed E-state index contributed by atoms with van der Waals surface area (Å²) < 4.78 is 5.71. The molecular weight excluding hydrogens is 378 g/mol. The number of hydrogen-bond acceptors (Lipinski definition) is 4. The molecule has 4 atom stereocenters. The molecule has 3 aliphatic rings. The second kappa shape index (κ2) is 7.08. The molecule has 1 saturated heterocycles. The van der Waals surface area contributed by atoms with Crippen LogP contribution in [0.4, 0.5) is 5.69 Å². The van der Waals surface area contributed by atoms with Crippen molar-refractivity contribution in [1.29, 1.82) is 0 Å². The lowest BCUT2D eigenvalue weighted by Gasteiger charge is -2.19. The zero-order valence-electron chi connectivity index (χ0n) is 17.3. The van der Waals surface area contributed by atoms with Gasteiger partial charge in [0.1, 0.15) is 5.75 Å². The number of hydrogen-bond donors (Lipinski definition) is 0. The van der Waals surface area contributed by atoms with E-state index in [0.29, 0.717) is 28.8 Å². The van der Waals surface area contributed by atoms with Crippen molar-refractivity contribution in [2.45, 2.75) is 33.1 Å². The summed E-state index contributed by atoms with van der Waals surface area (Å²) in [4.78, 5) is 39.9. The van der Waals surface area contributed by atoms with E-state index in [1.807, 2.05) is 26.0 Å². The second-order valence-corrected chi connectivity index (χ2v) is 8.90. The molecule has 0 radical (unpaired) electrons. The van der Waals surface area contributed by atoms with Crippen molar-refractivity contribution < 1.29 is 19.1 Å². The molecule has 1 aliphatic heterocycles. The summed E-state index contributed by atoms with van der Waals surface area (Å²) >= 11 is 0. The third kappa shape index (κ3) is 2.95. The molecule has 2 bridgehead atoms. The van der Waals surface area contributed by atoms with Gasteiger partial charge in [-0.1, -0.05) is 18.2 Å². The lowest BCUT2D eigenvalue weighted by molar-refractivity contribution is -0.123. The van der Waals surface area contributed by atoms with Crippen LogP contribution in [0, 0.1) is 37.5 Å². The number of rotatable bonds is 5. The quantitative estimate of drug-likeness (QED) is 0.557. The van der Waals surface area contributed by atoms with Crippen LogP contribution in [0.5, 0.6) is 5.75 Å². The van der Waals surface area contributed by atoms with Gasteiger partial charge in [-0.05, 0) is 74.3 Å². The van der Waals surface area contributed by atoms with Gasteiger partial charge in [-0.2, -0.15) is 0 Å². The molecule has 1 heterocycles. The predicted molar refractivity (Wildman–Crippen MR) is 112 cm³/mol. The minimum Gasteiger partial charge on any atom is -0.485 e. The molecule has 30 heavy (non-hydrogen) atoms. The summed E-state index contributed by atoms with van der Waals surface area (Å²) in [5.41, 5.74) is 3.35. The first-order valence-corrected chi connectivity index (χ1v) is 10.6. The number of carbonyl (C=O) groups is 3. The van der Waals surface area contributed by atoms with E-state index in [4.69, 9.17) is 4.74 Å². The number of nitrogens with zero attached hydrogens (tertiary/aromatic N) is 1. The van der Waals surface area contributed by atoms with Crippen molar-refractivity contribution in [2.24, 2.45) is 23.7 Å². The van der Waals surface area contributed by atoms with Gasteiger partial charge in [-0.25, -0.2) is 4.90 Å². The number of anilines is 1. The topological polar surface area (TPSA) is 63.7 Å². The van der Waals surface area contributed by atoms with Crippen LogP contribution < -0.4 is 9.64 Å². The number of aryl methyl sites for hydroxylation is 2. The van der Waals surface area contributed by atoms with E-state index >= 15 is 0 Å². The van der Waals surface area contributed by atoms with Crippen molar-refractivity contribution in [1.82, 2.24) is 0 Å². The first kappa shape index (κ1) is 19.0. The summed E-state index contributed by atoms with van der Waals surface area (Å²) in [5, 5.41) is 0. The maximum Gasteiger partial charge on any atom is 0.237 e. The fourth-order valence-electron chi connectivity index (χ4n) is 5.52. The Morgan fingerprint density at radius 1 is 0.967 bits per heavy atom. The highest BCUT2D eigenvalue weighted by Gasteiger charge is 2.61. The molecule has 154 valence electrons. The van der Waals surface area contributed by atoms with Crippen molar-refractivity contribution in [2.75, 3.05) is 11.5 Å². The van der Waals surface area contributed by atoms with E-state index < -0.39 is 0 Å². The Balaban J connectivity index is 1.31. The van der Waals surface area contributed by atoms with Crippen LogP contribution in [0.25, 0.3) is 0 Å². The normalized spacial score (nSPS) is 26.9. The average molecular weight is 403 g/mol. The monoisotopic (exact) mass is 403 g/mol. The van der Waals surface area contributed by atoms with Crippen LogP contribution in [0.3, 0.4) is 0 Å². The molecular formula is C25H25NO4. The lowest BCUT2D eigenvalue weighted by Crippen LogP contribution is -2.32. The maximum absolute atomic E-state index is 13.0. The highest BCUT2D eigenvalue weighted by Crippen LogP contribution is 2.56. The number of fused-ring (bicyclic) bond motifs is 5. The summed E-state index contributed by atoms with van der Waals surface area (Å²) in [6, 6.07) is 12.5. The van der Waals surface area contributed by atoms with Gasteiger partial charge in [0, 0.05) is 11.6 Å². The largest absolute Gasteiger partial charge is 0.485 e. The van der Waals surface area contributed by atoms with Gasteiger partial charge in [-0.15, -0.1) is 0 Å². The summed E-state index contributed by atoms with van der Waals surface area (Å²) in [5.74, 6) is 0.654. The number of imide groups is 1. The molecule has 5 nitrogen and oxygen atoms in total. The maximum atomic E-state index is 13.0. The fourth-order valence-corrected chi connectivity index (χ4v) is 5.52. The Morgan fingerprint density at radius 2 is 1.67 bits per heavy atom. The van der Waals surface area contributed by atoms with Crippen LogP contribution in [-0.4, -0.2) is 24.2 Å². The number of ether oxygens (including phenoxy) is 1. The molecule has 5 rings (SSSR count).